The van der Waals surface area contributed by atoms with Crippen LogP contribution in [-0.4, -0.2) is 17.1 Å². The molecular formula is C18H25IN2OS. The number of thiocarbonyl (C=S) groups is 1. The molecule has 1 amide bonds. The van der Waals surface area contributed by atoms with Crippen molar-refractivity contribution in [2.45, 2.75) is 52.5 Å². The van der Waals surface area contributed by atoms with Crippen LogP contribution in [0.15, 0.2) is 24.3 Å². The lowest BCUT2D eigenvalue weighted by molar-refractivity contribution is 0.0975. The van der Waals surface area contributed by atoms with Crippen LogP contribution in [0, 0.1) is 14.9 Å². The van der Waals surface area contributed by atoms with Gasteiger partial charge in [-0.2, -0.15) is 0 Å². The van der Waals surface area contributed by atoms with Crippen LogP contribution in [-0.2, 0) is 0 Å². The molecule has 0 aromatic heterocycles. The van der Waals surface area contributed by atoms with Crippen molar-refractivity contribution < 1.29 is 4.79 Å². The number of rotatable bonds is 2. The highest BCUT2D eigenvalue weighted by Gasteiger charge is 2.29. The van der Waals surface area contributed by atoms with Crippen molar-refractivity contribution in [1.29, 1.82) is 0 Å². The Morgan fingerprint density at radius 2 is 1.78 bits per heavy atom. The quantitative estimate of drug-likeness (QED) is 0.522. The van der Waals surface area contributed by atoms with Crippen molar-refractivity contribution in [3.63, 3.8) is 0 Å². The number of carbonyl (C=O) groups excluding carboxylic acids is 1. The first-order chi connectivity index (χ1) is 10.8. The number of carbonyl (C=O) groups is 1. The van der Waals surface area contributed by atoms with Gasteiger partial charge in [0.05, 0.1) is 5.56 Å². The molecule has 126 valence electrons. The summed E-state index contributed by atoms with van der Waals surface area (Å²) in [5.41, 5.74) is 1.04. The Morgan fingerprint density at radius 3 is 2.35 bits per heavy atom. The molecule has 1 saturated carbocycles. The number of halogens is 1. The van der Waals surface area contributed by atoms with Crippen molar-refractivity contribution in [3.05, 3.63) is 33.4 Å². The summed E-state index contributed by atoms with van der Waals surface area (Å²) < 4.78 is 0.927. The number of nitrogens with one attached hydrogen (secondary N) is 2. The fourth-order valence-corrected chi connectivity index (χ4v) is 4.03. The summed E-state index contributed by atoms with van der Waals surface area (Å²) in [6.45, 7) is 6.95. The Balaban J connectivity index is 1.82. The van der Waals surface area contributed by atoms with Gasteiger partial charge in [-0.15, -0.1) is 0 Å². The molecule has 0 spiro atoms. The lowest BCUT2D eigenvalue weighted by Crippen LogP contribution is -2.46. The molecule has 0 radical (unpaired) electrons. The molecule has 5 heteroatoms. The zero-order valence-corrected chi connectivity index (χ0v) is 17.0. The van der Waals surface area contributed by atoms with Crippen molar-refractivity contribution in [2.75, 3.05) is 0 Å². The Kier molecular flexibility index (Phi) is 6.42. The predicted octanol–water partition coefficient (Wildman–Crippen LogP) is 4.50. The van der Waals surface area contributed by atoms with Crippen molar-refractivity contribution in [1.82, 2.24) is 10.6 Å². The second-order valence-electron chi connectivity index (χ2n) is 7.32. The van der Waals surface area contributed by atoms with Crippen LogP contribution in [0.1, 0.15) is 56.8 Å². The van der Waals surface area contributed by atoms with E-state index in [0.29, 0.717) is 22.1 Å². The van der Waals surface area contributed by atoms with Crippen LogP contribution < -0.4 is 10.6 Å². The summed E-state index contributed by atoms with van der Waals surface area (Å²) >= 11 is 7.47. The SMILES string of the molecule is CC(C)(C)C1CCC(NC(=S)NC(=O)c2ccccc2I)CC1. The molecule has 0 atom stereocenters. The number of benzene rings is 1. The molecule has 2 N–H and O–H groups in total. The molecule has 23 heavy (non-hydrogen) atoms. The highest BCUT2D eigenvalue weighted by molar-refractivity contribution is 14.1. The summed E-state index contributed by atoms with van der Waals surface area (Å²) in [6, 6.07) is 7.88. The molecular weight excluding hydrogens is 419 g/mol. The summed E-state index contributed by atoms with van der Waals surface area (Å²) in [5, 5.41) is 6.55. The number of amides is 1. The summed E-state index contributed by atoms with van der Waals surface area (Å²) in [6.07, 6.45) is 4.66. The standard InChI is InChI=1S/C18H25IN2OS/c1-18(2,3)12-8-10-13(11-9-12)20-17(23)21-16(22)14-6-4-5-7-15(14)19/h4-7,12-13H,8-11H2,1-3H3,(H2,20,21,22,23). The van der Waals surface area contributed by atoms with Gasteiger partial charge in [0.2, 0.25) is 0 Å². The van der Waals surface area contributed by atoms with Crippen molar-refractivity contribution >= 4 is 45.8 Å². The fourth-order valence-electron chi connectivity index (χ4n) is 3.14. The van der Waals surface area contributed by atoms with Gasteiger partial charge in [-0.3, -0.25) is 10.1 Å². The van der Waals surface area contributed by atoms with Gasteiger partial charge in [-0.1, -0.05) is 32.9 Å². The first kappa shape index (κ1) is 18.6. The Hall–Kier alpha value is -0.690. The molecule has 1 aromatic carbocycles. The van der Waals surface area contributed by atoms with E-state index in [9.17, 15) is 4.79 Å². The predicted molar refractivity (Wildman–Crippen MR) is 108 cm³/mol. The molecule has 3 nitrogen and oxygen atoms in total. The van der Waals surface area contributed by atoms with Gasteiger partial charge < -0.3 is 5.32 Å². The average molecular weight is 444 g/mol. The van der Waals surface area contributed by atoms with Crippen LogP contribution in [0.2, 0.25) is 0 Å². The molecule has 1 aliphatic carbocycles. The van der Waals surface area contributed by atoms with E-state index in [0.717, 1.165) is 22.3 Å². The molecule has 0 heterocycles. The largest absolute Gasteiger partial charge is 0.360 e. The van der Waals surface area contributed by atoms with Crippen LogP contribution in [0.25, 0.3) is 0 Å². The molecule has 0 saturated heterocycles. The van der Waals surface area contributed by atoms with Crippen molar-refractivity contribution in [3.8, 4) is 0 Å². The highest BCUT2D eigenvalue weighted by atomic mass is 127. The highest BCUT2D eigenvalue weighted by Crippen LogP contribution is 2.37. The maximum Gasteiger partial charge on any atom is 0.258 e. The molecule has 1 fully saturated rings. The van der Waals surface area contributed by atoms with Crippen LogP contribution in [0.3, 0.4) is 0 Å². The third-order valence-corrected chi connectivity index (χ3v) is 5.79. The first-order valence-corrected chi connectivity index (χ1v) is 9.62. The van der Waals surface area contributed by atoms with E-state index in [1.165, 1.54) is 12.8 Å². The number of hydrogen-bond acceptors (Lipinski definition) is 2. The Bertz CT molecular complexity index is 575. The zero-order valence-electron chi connectivity index (χ0n) is 14.0. The maximum atomic E-state index is 12.3. The van der Waals surface area contributed by atoms with E-state index >= 15 is 0 Å². The normalized spacial score (nSPS) is 21.6. The van der Waals surface area contributed by atoms with Gasteiger partial charge in [0, 0.05) is 9.61 Å². The van der Waals surface area contributed by atoms with E-state index in [-0.39, 0.29) is 5.91 Å². The molecule has 1 aromatic rings. The van der Waals surface area contributed by atoms with E-state index in [4.69, 9.17) is 12.2 Å². The molecule has 0 bridgehead atoms. The second kappa shape index (κ2) is 7.92. The van der Waals surface area contributed by atoms with E-state index in [1.807, 2.05) is 24.3 Å². The van der Waals surface area contributed by atoms with Gasteiger partial charge in [0.1, 0.15) is 0 Å². The van der Waals surface area contributed by atoms with Gasteiger partial charge in [-0.25, -0.2) is 0 Å². The smallest absolute Gasteiger partial charge is 0.258 e. The van der Waals surface area contributed by atoms with Crippen molar-refractivity contribution in [2.24, 2.45) is 11.3 Å². The van der Waals surface area contributed by atoms with Gasteiger partial charge in [0.25, 0.3) is 5.91 Å². The van der Waals surface area contributed by atoms with Gasteiger partial charge >= 0.3 is 0 Å². The third-order valence-electron chi connectivity index (χ3n) is 4.63. The van der Waals surface area contributed by atoms with Crippen LogP contribution in [0.5, 0.6) is 0 Å². The monoisotopic (exact) mass is 444 g/mol. The van der Waals surface area contributed by atoms with E-state index in [2.05, 4.69) is 54.0 Å². The van der Waals surface area contributed by atoms with E-state index in [1.54, 1.807) is 0 Å². The topological polar surface area (TPSA) is 41.1 Å². The summed E-state index contributed by atoms with van der Waals surface area (Å²) in [5.74, 6) is 0.630. The minimum Gasteiger partial charge on any atom is -0.360 e. The Labute approximate surface area is 158 Å². The summed E-state index contributed by atoms with van der Waals surface area (Å²) in [7, 11) is 0. The second-order valence-corrected chi connectivity index (χ2v) is 8.89. The lowest BCUT2D eigenvalue weighted by Gasteiger charge is -2.37. The molecule has 0 aliphatic heterocycles. The Morgan fingerprint density at radius 1 is 1.17 bits per heavy atom. The zero-order chi connectivity index (χ0) is 17.0. The average Bonchev–Trinajstić information content (AvgIpc) is 2.47. The lowest BCUT2D eigenvalue weighted by atomic mass is 9.71. The number of hydrogen-bond donors (Lipinski definition) is 2. The fraction of sp³-hybridized carbons (Fsp3) is 0.556. The first-order valence-electron chi connectivity index (χ1n) is 8.13. The summed E-state index contributed by atoms with van der Waals surface area (Å²) in [4.78, 5) is 12.3. The molecule has 0 unspecified atom stereocenters. The van der Waals surface area contributed by atoms with E-state index < -0.39 is 0 Å². The minimum absolute atomic E-state index is 0.143. The minimum atomic E-state index is -0.143. The molecule has 2 rings (SSSR count). The molecule has 1 aliphatic rings. The van der Waals surface area contributed by atoms with Crippen LogP contribution in [0.4, 0.5) is 0 Å². The third kappa shape index (κ3) is 5.41. The van der Waals surface area contributed by atoms with Gasteiger partial charge in [-0.05, 0) is 84.0 Å². The van der Waals surface area contributed by atoms with Gasteiger partial charge in [0.15, 0.2) is 5.11 Å². The van der Waals surface area contributed by atoms with Crippen LogP contribution >= 0.6 is 34.8 Å². The maximum absolute atomic E-state index is 12.3.